The van der Waals surface area contributed by atoms with Crippen LogP contribution < -0.4 is 11.1 Å². The van der Waals surface area contributed by atoms with E-state index in [2.05, 4.69) is 15.3 Å². The van der Waals surface area contributed by atoms with Gasteiger partial charge in [0.15, 0.2) is 0 Å². The topological polar surface area (TPSA) is 80.9 Å². The van der Waals surface area contributed by atoms with Crippen LogP contribution in [0, 0.1) is 6.92 Å². The lowest BCUT2D eigenvalue weighted by molar-refractivity contribution is -0.116. The van der Waals surface area contributed by atoms with Crippen molar-refractivity contribution in [1.82, 2.24) is 9.97 Å². The molecule has 1 aromatic heterocycles. The van der Waals surface area contributed by atoms with Crippen LogP contribution in [0.2, 0.25) is 0 Å². The monoisotopic (exact) mass is 194 g/mol. The fourth-order valence-electron chi connectivity index (χ4n) is 1.01. The number of rotatable bonds is 3. The quantitative estimate of drug-likeness (QED) is 0.732. The largest absolute Gasteiger partial charge is 0.327 e. The Morgan fingerprint density at radius 2 is 2.43 bits per heavy atom. The molecule has 1 atom stereocenters. The van der Waals surface area contributed by atoms with E-state index in [1.807, 2.05) is 6.92 Å². The minimum absolute atomic E-state index is 0.113. The predicted molar refractivity (Wildman–Crippen MR) is 53.7 cm³/mol. The van der Waals surface area contributed by atoms with Crippen LogP contribution in [0.15, 0.2) is 12.5 Å². The highest BCUT2D eigenvalue weighted by Gasteiger charge is 2.07. The normalized spacial score (nSPS) is 12.2. The number of nitrogens with one attached hydrogen (secondary N) is 1. The zero-order chi connectivity index (χ0) is 10.6. The minimum Gasteiger partial charge on any atom is -0.327 e. The zero-order valence-corrected chi connectivity index (χ0v) is 8.32. The van der Waals surface area contributed by atoms with Crippen LogP contribution in [0.25, 0.3) is 0 Å². The van der Waals surface area contributed by atoms with Crippen LogP contribution >= 0.6 is 0 Å². The fourth-order valence-corrected chi connectivity index (χ4v) is 1.01. The Kier molecular flexibility index (Phi) is 3.53. The second-order valence-corrected chi connectivity index (χ2v) is 3.25. The molecule has 0 aliphatic rings. The Labute approximate surface area is 82.7 Å². The maximum absolute atomic E-state index is 11.3. The molecule has 1 rings (SSSR count). The third kappa shape index (κ3) is 3.10. The molecular formula is C9H14N4O. The highest BCUT2D eigenvalue weighted by atomic mass is 16.1. The summed E-state index contributed by atoms with van der Waals surface area (Å²) < 4.78 is 0. The van der Waals surface area contributed by atoms with Crippen molar-refractivity contribution in [2.45, 2.75) is 26.3 Å². The van der Waals surface area contributed by atoms with Crippen molar-refractivity contribution in [2.75, 3.05) is 5.32 Å². The smallest absolute Gasteiger partial charge is 0.226 e. The van der Waals surface area contributed by atoms with Gasteiger partial charge < -0.3 is 11.1 Å². The van der Waals surface area contributed by atoms with E-state index in [0.29, 0.717) is 12.1 Å². The molecule has 0 aliphatic carbocycles. The molecule has 5 nitrogen and oxygen atoms in total. The third-order valence-corrected chi connectivity index (χ3v) is 1.69. The van der Waals surface area contributed by atoms with Gasteiger partial charge in [0.1, 0.15) is 6.33 Å². The number of nitrogens with zero attached hydrogens (tertiary/aromatic N) is 2. The van der Waals surface area contributed by atoms with Crippen LogP contribution in [-0.2, 0) is 4.79 Å². The molecule has 1 amide bonds. The first-order chi connectivity index (χ1) is 6.59. The molecule has 0 radical (unpaired) electrons. The van der Waals surface area contributed by atoms with Gasteiger partial charge in [-0.05, 0) is 13.8 Å². The number of hydrogen-bond donors (Lipinski definition) is 2. The first-order valence-corrected chi connectivity index (χ1v) is 4.41. The van der Waals surface area contributed by atoms with Gasteiger partial charge in [0.2, 0.25) is 5.91 Å². The Balaban J connectivity index is 2.61. The third-order valence-electron chi connectivity index (χ3n) is 1.69. The van der Waals surface area contributed by atoms with Crippen LogP contribution in [0.1, 0.15) is 19.0 Å². The molecule has 5 heteroatoms. The Morgan fingerprint density at radius 3 is 3.00 bits per heavy atom. The molecule has 0 spiro atoms. The van der Waals surface area contributed by atoms with Gasteiger partial charge in [0, 0.05) is 12.5 Å². The molecule has 1 aromatic rings. The maximum Gasteiger partial charge on any atom is 0.226 e. The summed E-state index contributed by atoms with van der Waals surface area (Å²) in [5.41, 5.74) is 6.88. The lowest BCUT2D eigenvalue weighted by Gasteiger charge is -2.07. The average Bonchev–Trinajstić information content (AvgIpc) is 2.07. The van der Waals surface area contributed by atoms with Gasteiger partial charge in [0.25, 0.3) is 0 Å². The van der Waals surface area contributed by atoms with E-state index in [9.17, 15) is 4.79 Å². The summed E-state index contributed by atoms with van der Waals surface area (Å²) >= 11 is 0. The second kappa shape index (κ2) is 4.66. The maximum atomic E-state index is 11.3. The molecule has 1 heterocycles. The number of carbonyl (C=O) groups is 1. The van der Waals surface area contributed by atoms with Gasteiger partial charge in [-0.1, -0.05) is 0 Å². The number of anilines is 1. The number of aryl methyl sites for hydroxylation is 1. The SMILES string of the molecule is Cc1ncncc1NC(=O)CC(C)N. The first-order valence-electron chi connectivity index (χ1n) is 4.41. The van der Waals surface area contributed by atoms with E-state index in [1.54, 1.807) is 13.1 Å². The van der Waals surface area contributed by atoms with Crippen molar-refractivity contribution in [3.8, 4) is 0 Å². The van der Waals surface area contributed by atoms with E-state index in [-0.39, 0.29) is 11.9 Å². The molecule has 0 bridgehead atoms. The molecular weight excluding hydrogens is 180 g/mol. The summed E-state index contributed by atoms with van der Waals surface area (Å²) in [6, 6.07) is -0.139. The van der Waals surface area contributed by atoms with Crippen molar-refractivity contribution in [1.29, 1.82) is 0 Å². The van der Waals surface area contributed by atoms with Gasteiger partial charge in [-0.3, -0.25) is 4.79 Å². The van der Waals surface area contributed by atoms with E-state index in [1.165, 1.54) is 6.33 Å². The van der Waals surface area contributed by atoms with Gasteiger partial charge in [-0.25, -0.2) is 9.97 Å². The molecule has 0 aromatic carbocycles. The summed E-state index contributed by atoms with van der Waals surface area (Å²) in [7, 11) is 0. The van der Waals surface area contributed by atoms with Crippen LogP contribution in [0.5, 0.6) is 0 Å². The van der Waals surface area contributed by atoms with Gasteiger partial charge in [0.05, 0.1) is 17.6 Å². The zero-order valence-electron chi connectivity index (χ0n) is 8.32. The van der Waals surface area contributed by atoms with Crippen molar-refractivity contribution >= 4 is 11.6 Å². The van der Waals surface area contributed by atoms with Gasteiger partial charge in [-0.2, -0.15) is 0 Å². The van der Waals surface area contributed by atoms with Crippen molar-refractivity contribution < 1.29 is 4.79 Å². The average molecular weight is 194 g/mol. The lowest BCUT2D eigenvalue weighted by Crippen LogP contribution is -2.24. The summed E-state index contributed by atoms with van der Waals surface area (Å²) in [6.45, 7) is 3.59. The molecule has 3 N–H and O–H groups in total. The Bertz CT molecular complexity index is 324. The van der Waals surface area contributed by atoms with E-state index in [0.717, 1.165) is 5.69 Å². The summed E-state index contributed by atoms with van der Waals surface area (Å²) in [4.78, 5) is 19.1. The van der Waals surface area contributed by atoms with Gasteiger partial charge >= 0.3 is 0 Å². The lowest BCUT2D eigenvalue weighted by atomic mass is 10.2. The van der Waals surface area contributed by atoms with E-state index < -0.39 is 0 Å². The molecule has 76 valence electrons. The minimum atomic E-state index is -0.139. The van der Waals surface area contributed by atoms with Crippen molar-refractivity contribution in [3.63, 3.8) is 0 Å². The number of aromatic nitrogens is 2. The second-order valence-electron chi connectivity index (χ2n) is 3.25. The summed E-state index contributed by atoms with van der Waals surface area (Å²) in [5.74, 6) is -0.113. The van der Waals surface area contributed by atoms with Crippen LogP contribution in [0.3, 0.4) is 0 Å². The Hall–Kier alpha value is -1.49. The molecule has 1 unspecified atom stereocenters. The van der Waals surface area contributed by atoms with E-state index >= 15 is 0 Å². The number of amides is 1. The summed E-state index contributed by atoms with van der Waals surface area (Å²) in [6.07, 6.45) is 3.31. The molecule has 14 heavy (non-hydrogen) atoms. The molecule has 0 aliphatic heterocycles. The molecule has 0 saturated carbocycles. The van der Waals surface area contributed by atoms with Crippen molar-refractivity contribution in [2.24, 2.45) is 5.73 Å². The van der Waals surface area contributed by atoms with E-state index in [4.69, 9.17) is 5.73 Å². The fraction of sp³-hybridized carbons (Fsp3) is 0.444. The molecule has 0 saturated heterocycles. The highest BCUT2D eigenvalue weighted by molar-refractivity contribution is 5.91. The highest BCUT2D eigenvalue weighted by Crippen LogP contribution is 2.08. The van der Waals surface area contributed by atoms with Gasteiger partial charge in [-0.15, -0.1) is 0 Å². The first kappa shape index (κ1) is 10.6. The number of carbonyl (C=O) groups excluding carboxylic acids is 1. The van der Waals surface area contributed by atoms with Crippen LogP contribution in [-0.4, -0.2) is 21.9 Å². The van der Waals surface area contributed by atoms with Crippen molar-refractivity contribution in [3.05, 3.63) is 18.2 Å². The number of hydrogen-bond acceptors (Lipinski definition) is 4. The summed E-state index contributed by atoms with van der Waals surface area (Å²) in [5, 5.41) is 2.70. The van der Waals surface area contributed by atoms with Crippen LogP contribution in [0.4, 0.5) is 5.69 Å². The predicted octanol–water partition coefficient (Wildman–Crippen LogP) is 0.461. The Morgan fingerprint density at radius 1 is 1.71 bits per heavy atom. The molecule has 0 fully saturated rings. The number of nitrogens with two attached hydrogens (primary N) is 1. The standard InChI is InChI=1S/C9H14N4O/c1-6(10)3-9(14)13-8-4-11-5-12-7(8)2/h4-6H,3,10H2,1-2H3,(H,13,14).